The third-order valence-electron chi connectivity index (χ3n) is 3.99. The Morgan fingerprint density at radius 2 is 1.68 bits per heavy atom. The number of rotatable bonds is 8. The Hall–Kier alpha value is -1.58. The van der Waals surface area contributed by atoms with Crippen LogP contribution in [0.3, 0.4) is 0 Å². The van der Waals surface area contributed by atoms with E-state index >= 15 is 0 Å². The van der Waals surface area contributed by atoms with E-state index < -0.39 is 17.4 Å². The lowest BCUT2D eigenvalue weighted by Gasteiger charge is -2.23. The lowest BCUT2D eigenvalue weighted by Crippen LogP contribution is -2.39. The molecule has 0 aromatic heterocycles. The molecule has 1 aliphatic rings. The monoisotopic (exact) mass is 308 g/mol. The number of carbonyl (C=O) groups excluding carboxylic acids is 2. The van der Waals surface area contributed by atoms with Gasteiger partial charge in [-0.2, -0.15) is 0 Å². The molecule has 22 heavy (non-hydrogen) atoms. The third-order valence-corrected chi connectivity index (χ3v) is 3.99. The first-order valence-electron chi connectivity index (χ1n) is 8.23. The second-order valence-electron chi connectivity index (χ2n) is 5.71. The Morgan fingerprint density at radius 3 is 2.18 bits per heavy atom. The molecule has 4 heteroatoms. The molecule has 124 valence electrons. The van der Waals surface area contributed by atoms with Gasteiger partial charge in [-0.15, -0.1) is 0 Å². The van der Waals surface area contributed by atoms with Crippen molar-refractivity contribution in [3.63, 3.8) is 0 Å². The summed E-state index contributed by atoms with van der Waals surface area (Å²) in [5.74, 6) is -0.988. The molecule has 0 spiro atoms. The van der Waals surface area contributed by atoms with Crippen molar-refractivity contribution in [2.45, 2.75) is 59.3 Å². The van der Waals surface area contributed by atoms with Crippen LogP contribution < -0.4 is 0 Å². The molecule has 1 fully saturated rings. The summed E-state index contributed by atoms with van der Waals surface area (Å²) in [5, 5.41) is 0. The summed E-state index contributed by atoms with van der Waals surface area (Å²) in [5.41, 5.74) is 0.606. The first kappa shape index (κ1) is 18.5. The maximum atomic E-state index is 12.4. The van der Waals surface area contributed by atoms with Crippen LogP contribution in [-0.2, 0) is 19.1 Å². The molecule has 0 bridgehead atoms. The topological polar surface area (TPSA) is 52.6 Å². The van der Waals surface area contributed by atoms with Gasteiger partial charge >= 0.3 is 11.9 Å². The van der Waals surface area contributed by atoms with Gasteiger partial charge in [-0.25, -0.2) is 0 Å². The van der Waals surface area contributed by atoms with Crippen molar-refractivity contribution in [2.75, 3.05) is 13.2 Å². The maximum Gasteiger partial charge on any atom is 0.324 e. The highest BCUT2D eigenvalue weighted by molar-refractivity contribution is 6.02. The molecule has 0 aromatic carbocycles. The smallest absolute Gasteiger partial charge is 0.324 e. The summed E-state index contributed by atoms with van der Waals surface area (Å²) in [6.07, 6.45) is 7.15. The number of hydrogen-bond acceptors (Lipinski definition) is 4. The van der Waals surface area contributed by atoms with E-state index in [1.807, 2.05) is 0 Å². The summed E-state index contributed by atoms with van der Waals surface area (Å²) >= 11 is 0. The van der Waals surface area contributed by atoms with Crippen LogP contribution in [0, 0.1) is 5.41 Å². The van der Waals surface area contributed by atoms with Crippen LogP contribution >= 0.6 is 0 Å². The van der Waals surface area contributed by atoms with Crippen LogP contribution in [0.5, 0.6) is 0 Å². The van der Waals surface area contributed by atoms with Crippen LogP contribution in [-0.4, -0.2) is 25.2 Å². The molecule has 0 N–H and O–H groups in total. The minimum absolute atomic E-state index is 0.252. The summed E-state index contributed by atoms with van der Waals surface area (Å²) in [6, 6.07) is 0. The van der Waals surface area contributed by atoms with E-state index in [0.717, 1.165) is 24.0 Å². The zero-order valence-electron chi connectivity index (χ0n) is 14.1. The van der Waals surface area contributed by atoms with Crippen molar-refractivity contribution >= 4 is 11.9 Å². The van der Waals surface area contributed by atoms with Crippen molar-refractivity contribution < 1.29 is 19.1 Å². The molecule has 0 atom stereocenters. The predicted molar refractivity (Wildman–Crippen MR) is 86.3 cm³/mol. The summed E-state index contributed by atoms with van der Waals surface area (Å²) in [7, 11) is 0. The van der Waals surface area contributed by atoms with Crippen molar-refractivity contribution in [1.82, 2.24) is 0 Å². The van der Waals surface area contributed by atoms with Crippen LogP contribution in [0.15, 0.2) is 23.8 Å². The molecule has 0 unspecified atom stereocenters. The first-order valence-corrected chi connectivity index (χ1v) is 8.23. The summed E-state index contributed by atoms with van der Waals surface area (Å²) in [6.45, 7) is 10.2. The van der Waals surface area contributed by atoms with Crippen LogP contribution in [0.25, 0.3) is 0 Å². The molecule has 0 saturated heterocycles. The molecular formula is C18H28O4. The van der Waals surface area contributed by atoms with Gasteiger partial charge in [-0.05, 0) is 45.1 Å². The van der Waals surface area contributed by atoms with Gasteiger partial charge in [0.1, 0.15) is 0 Å². The fraction of sp³-hybridized carbons (Fsp3) is 0.667. The van der Waals surface area contributed by atoms with Gasteiger partial charge in [0.05, 0.1) is 13.2 Å². The van der Waals surface area contributed by atoms with E-state index in [9.17, 15) is 9.59 Å². The lowest BCUT2D eigenvalue weighted by atomic mass is 9.85. The zero-order valence-corrected chi connectivity index (χ0v) is 14.1. The van der Waals surface area contributed by atoms with E-state index in [1.54, 1.807) is 13.8 Å². The molecule has 1 aliphatic carbocycles. The average Bonchev–Trinajstić information content (AvgIpc) is 2.83. The number of esters is 2. The standard InChI is InChI=1S/C18H28O4/c1-5-8-9-10-11-15-13-18(12-14(15)4,16(19)21-6-2)17(20)22-7-3/h11H,4-10,12-13H2,1-3H3/b15-11+. The molecule has 0 aromatic rings. The van der Waals surface area contributed by atoms with Gasteiger partial charge in [-0.3, -0.25) is 9.59 Å². The van der Waals surface area contributed by atoms with Crippen molar-refractivity contribution in [1.29, 1.82) is 0 Å². The quantitative estimate of drug-likeness (QED) is 0.387. The van der Waals surface area contributed by atoms with Crippen LogP contribution in [0.2, 0.25) is 0 Å². The fourth-order valence-electron chi connectivity index (χ4n) is 2.79. The Bertz CT molecular complexity index is 430. The van der Waals surface area contributed by atoms with Crippen molar-refractivity contribution in [3.8, 4) is 0 Å². The van der Waals surface area contributed by atoms with Gasteiger partial charge in [0.2, 0.25) is 0 Å². The summed E-state index contributed by atoms with van der Waals surface area (Å²) in [4.78, 5) is 24.7. The average molecular weight is 308 g/mol. The summed E-state index contributed by atoms with van der Waals surface area (Å²) < 4.78 is 10.3. The number of unbranched alkanes of at least 4 members (excludes halogenated alkanes) is 3. The maximum absolute atomic E-state index is 12.4. The highest BCUT2D eigenvalue weighted by atomic mass is 16.6. The molecule has 1 rings (SSSR count). The van der Waals surface area contributed by atoms with Crippen LogP contribution in [0.4, 0.5) is 0 Å². The highest BCUT2D eigenvalue weighted by Crippen LogP contribution is 2.46. The number of hydrogen-bond donors (Lipinski definition) is 0. The Balaban J connectivity index is 2.93. The van der Waals surface area contributed by atoms with E-state index in [2.05, 4.69) is 19.6 Å². The minimum Gasteiger partial charge on any atom is -0.465 e. The van der Waals surface area contributed by atoms with E-state index in [1.165, 1.54) is 12.8 Å². The molecule has 0 heterocycles. The van der Waals surface area contributed by atoms with Gasteiger partial charge < -0.3 is 9.47 Å². The van der Waals surface area contributed by atoms with Crippen molar-refractivity contribution in [3.05, 3.63) is 23.8 Å². The van der Waals surface area contributed by atoms with E-state index in [0.29, 0.717) is 12.8 Å². The van der Waals surface area contributed by atoms with Gasteiger partial charge in [0.15, 0.2) is 5.41 Å². The number of allylic oxidation sites excluding steroid dienone is 3. The van der Waals surface area contributed by atoms with Crippen molar-refractivity contribution in [2.24, 2.45) is 5.41 Å². The molecule has 0 aliphatic heterocycles. The zero-order chi connectivity index (χ0) is 16.6. The fourth-order valence-corrected chi connectivity index (χ4v) is 2.79. The first-order chi connectivity index (χ1) is 10.5. The Kier molecular flexibility index (Phi) is 7.36. The largest absolute Gasteiger partial charge is 0.465 e. The number of carbonyl (C=O) groups is 2. The lowest BCUT2D eigenvalue weighted by molar-refractivity contribution is -0.171. The Morgan fingerprint density at radius 1 is 1.09 bits per heavy atom. The second-order valence-corrected chi connectivity index (χ2v) is 5.71. The number of ether oxygens (including phenoxy) is 2. The minimum atomic E-state index is -1.24. The SMILES string of the molecule is C=C1CC(C(=O)OCC)(C(=O)OCC)C/C1=C\CCCCC. The van der Waals surface area contributed by atoms with Gasteiger partial charge in [0, 0.05) is 0 Å². The Labute approximate surface area is 133 Å². The predicted octanol–water partition coefficient (Wildman–Crippen LogP) is 3.96. The van der Waals surface area contributed by atoms with Crippen LogP contribution in [0.1, 0.15) is 59.3 Å². The molecule has 0 radical (unpaired) electrons. The molecular weight excluding hydrogens is 280 g/mol. The van der Waals surface area contributed by atoms with E-state index in [-0.39, 0.29) is 13.2 Å². The normalized spacial score (nSPS) is 18.5. The molecule has 4 nitrogen and oxygen atoms in total. The third kappa shape index (κ3) is 4.21. The van der Waals surface area contributed by atoms with Gasteiger partial charge in [0.25, 0.3) is 0 Å². The molecule has 1 saturated carbocycles. The molecule has 0 amide bonds. The highest BCUT2D eigenvalue weighted by Gasteiger charge is 2.53. The van der Waals surface area contributed by atoms with E-state index in [4.69, 9.17) is 9.47 Å². The second kappa shape index (κ2) is 8.76. The van der Waals surface area contributed by atoms with Gasteiger partial charge in [-0.1, -0.05) is 38.0 Å².